The van der Waals surface area contributed by atoms with Gasteiger partial charge in [-0.25, -0.2) is 0 Å². The molecule has 0 aromatic carbocycles. The van der Waals surface area contributed by atoms with E-state index in [1.807, 2.05) is 0 Å². The van der Waals surface area contributed by atoms with Crippen molar-refractivity contribution in [2.45, 2.75) is 71.8 Å². The molecule has 0 aromatic rings. The molecule has 0 amide bonds. The second-order valence-corrected chi connectivity index (χ2v) is 5.79. The van der Waals surface area contributed by atoms with E-state index < -0.39 is 0 Å². The summed E-state index contributed by atoms with van der Waals surface area (Å²) >= 11 is 0. The Kier molecular flexibility index (Phi) is 5.64. The van der Waals surface area contributed by atoms with Gasteiger partial charge in [0.15, 0.2) is 5.78 Å². The molecule has 1 aliphatic heterocycles. The zero-order valence-electron chi connectivity index (χ0n) is 12.1. The number of carbonyl (C=O) groups excluding carboxylic acids is 1. The summed E-state index contributed by atoms with van der Waals surface area (Å²) < 4.78 is 0. The van der Waals surface area contributed by atoms with Crippen LogP contribution in [0.4, 0.5) is 0 Å². The first kappa shape index (κ1) is 14.7. The predicted octanol–water partition coefficient (Wildman–Crippen LogP) is 3.65. The fourth-order valence-electron chi connectivity index (χ4n) is 3.07. The Labute approximate surface area is 107 Å². The first-order chi connectivity index (χ1) is 8.06. The van der Waals surface area contributed by atoms with Gasteiger partial charge >= 0.3 is 0 Å². The van der Waals surface area contributed by atoms with Crippen molar-refractivity contribution in [3.05, 3.63) is 0 Å². The molecule has 0 saturated carbocycles. The Morgan fingerprint density at radius 2 is 1.71 bits per heavy atom. The first-order valence-electron chi connectivity index (χ1n) is 7.35. The van der Waals surface area contributed by atoms with Gasteiger partial charge in [-0.05, 0) is 51.1 Å². The van der Waals surface area contributed by atoms with E-state index in [2.05, 4.69) is 32.6 Å². The van der Waals surface area contributed by atoms with Gasteiger partial charge in [0.05, 0.1) is 5.54 Å². The van der Waals surface area contributed by atoms with Crippen LogP contribution in [0.5, 0.6) is 0 Å². The number of carbonyl (C=O) groups is 1. The van der Waals surface area contributed by atoms with Gasteiger partial charge in [-0.15, -0.1) is 0 Å². The van der Waals surface area contributed by atoms with Crippen LogP contribution < -0.4 is 0 Å². The van der Waals surface area contributed by atoms with Gasteiger partial charge in [-0.3, -0.25) is 9.69 Å². The van der Waals surface area contributed by atoms with Crippen molar-refractivity contribution < 1.29 is 4.79 Å². The third-order valence-electron chi connectivity index (χ3n) is 4.35. The van der Waals surface area contributed by atoms with Gasteiger partial charge in [-0.2, -0.15) is 0 Å². The fraction of sp³-hybridized carbons (Fsp3) is 0.933. The highest BCUT2D eigenvalue weighted by Gasteiger charge is 2.40. The summed E-state index contributed by atoms with van der Waals surface area (Å²) in [7, 11) is 0. The molecule has 0 spiro atoms. The number of nitrogens with zero attached hydrogens (tertiary/aromatic N) is 1. The van der Waals surface area contributed by atoms with Crippen LogP contribution in [0.1, 0.15) is 66.2 Å². The van der Waals surface area contributed by atoms with E-state index in [9.17, 15) is 4.79 Å². The minimum absolute atomic E-state index is 0.147. The van der Waals surface area contributed by atoms with E-state index in [1.54, 1.807) is 0 Å². The summed E-state index contributed by atoms with van der Waals surface area (Å²) in [6.45, 7) is 11.0. The van der Waals surface area contributed by atoms with E-state index >= 15 is 0 Å². The molecule has 1 saturated heterocycles. The normalized spacial score (nSPS) is 17.9. The molecule has 0 N–H and O–H groups in total. The lowest BCUT2D eigenvalue weighted by Gasteiger charge is -2.39. The van der Waals surface area contributed by atoms with Crippen molar-refractivity contribution in [3.63, 3.8) is 0 Å². The van der Waals surface area contributed by atoms with Crippen LogP contribution in [-0.4, -0.2) is 29.3 Å². The standard InChI is InChI=1S/C15H29NO/c1-5-15(6-2,16-11-7-8-12-16)14(17)10-9-13(3)4/h13H,5-12H2,1-4H3. The van der Waals surface area contributed by atoms with Gasteiger partial charge < -0.3 is 0 Å². The lowest BCUT2D eigenvalue weighted by molar-refractivity contribution is -0.131. The average molecular weight is 239 g/mol. The Hall–Kier alpha value is -0.370. The molecule has 2 nitrogen and oxygen atoms in total. The van der Waals surface area contributed by atoms with Crippen LogP contribution in [0, 0.1) is 5.92 Å². The van der Waals surface area contributed by atoms with E-state index in [4.69, 9.17) is 0 Å². The molecule has 0 aliphatic carbocycles. The number of rotatable bonds is 7. The predicted molar refractivity (Wildman–Crippen MR) is 73.2 cm³/mol. The molecule has 0 aromatic heterocycles. The molecule has 17 heavy (non-hydrogen) atoms. The first-order valence-corrected chi connectivity index (χ1v) is 7.35. The Balaban J connectivity index is 2.71. The van der Waals surface area contributed by atoms with Gasteiger partial charge in [0.25, 0.3) is 0 Å². The average Bonchev–Trinajstić information content (AvgIpc) is 2.83. The van der Waals surface area contributed by atoms with Gasteiger partial charge in [-0.1, -0.05) is 27.7 Å². The molecule has 0 atom stereocenters. The monoisotopic (exact) mass is 239 g/mol. The Morgan fingerprint density at radius 3 is 2.12 bits per heavy atom. The van der Waals surface area contributed by atoms with Gasteiger partial charge in [0, 0.05) is 6.42 Å². The third kappa shape index (κ3) is 3.31. The second-order valence-electron chi connectivity index (χ2n) is 5.79. The highest BCUT2D eigenvalue weighted by atomic mass is 16.1. The van der Waals surface area contributed by atoms with E-state index in [0.717, 1.165) is 38.8 Å². The molecule has 1 heterocycles. The quantitative estimate of drug-likeness (QED) is 0.676. The largest absolute Gasteiger partial charge is 0.298 e. The van der Waals surface area contributed by atoms with Crippen LogP contribution in [0.15, 0.2) is 0 Å². The van der Waals surface area contributed by atoms with Crippen LogP contribution in [-0.2, 0) is 4.79 Å². The molecular formula is C15H29NO. The molecular weight excluding hydrogens is 210 g/mol. The molecule has 1 rings (SSSR count). The molecule has 1 aliphatic rings. The number of Topliss-reactive ketones (excluding diaryl/α,β-unsaturated/α-hetero) is 1. The third-order valence-corrected chi connectivity index (χ3v) is 4.35. The second kappa shape index (κ2) is 6.53. The summed E-state index contributed by atoms with van der Waals surface area (Å²) in [4.78, 5) is 15.0. The maximum Gasteiger partial charge on any atom is 0.153 e. The van der Waals surface area contributed by atoms with Gasteiger partial charge in [0.2, 0.25) is 0 Å². The van der Waals surface area contributed by atoms with Crippen molar-refractivity contribution in [2.75, 3.05) is 13.1 Å². The van der Waals surface area contributed by atoms with Gasteiger partial charge in [0.1, 0.15) is 0 Å². The van der Waals surface area contributed by atoms with Crippen molar-refractivity contribution in [2.24, 2.45) is 5.92 Å². The minimum Gasteiger partial charge on any atom is -0.298 e. The fourth-order valence-corrected chi connectivity index (χ4v) is 3.07. The van der Waals surface area contributed by atoms with Crippen molar-refractivity contribution >= 4 is 5.78 Å². The number of hydrogen-bond acceptors (Lipinski definition) is 2. The smallest absolute Gasteiger partial charge is 0.153 e. The van der Waals surface area contributed by atoms with E-state index in [-0.39, 0.29) is 5.54 Å². The summed E-state index contributed by atoms with van der Waals surface area (Å²) in [5.41, 5.74) is -0.147. The van der Waals surface area contributed by atoms with E-state index in [1.165, 1.54) is 12.8 Å². The molecule has 0 radical (unpaired) electrons. The zero-order valence-corrected chi connectivity index (χ0v) is 12.1. The van der Waals surface area contributed by atoms with Crippen molar-refractivity contribution in [1.82, 2.24) is 4.90 Å². The lowest BCUT2D eigenvalue weighted by Crippen LogP contribution is -2.52. The number of hydrogen-bond donors (Lipinski definition) is 0. The zero-order chi connectivity index (χ0) is 12.9. The van der Waals surface area contributed by atoms with Crippen molar-refractivity contribution in [1.29, 1.82) is 0 Å². The molecule has 0 unspecified atom stereocenters. The van der Waals surface area contributed by atoms with E-state index in [0.29, 0.717) is 11.7 Å². The van der Waals surface area contributed by atoms with Crippen LogP contribution in [0.3, 0.4) is 0 Å². The minimum atomic E-state index is -0.147. The SMILES string of the molecule is CCC(CC)(C(=O)CCC(C)C)N1CCCC1. The highest BCUT2D eigenvalue weighted by Crippen LogP contribution is 2.31. The Morgan fingerprint density at radius 1 is 1.18 bits per heavy atom. The maximum absolute atomic E-state index is 12.6. The maximum atomic E-state index is 12.6. The van der Waals surface area contributed by atoms with Crippen LogP contribution in [0.2, 0.25) is 0 Å². The summed E-state index contributed by atoms with van der Waals surface area (Å²) in [5, 5.41) is 0. The van der Waals surface area contributed by atoms with Crippen molar-refractivity contribution in [3.8, 4) is 0 Å². The molecule has 1 fully saturated rings. The summed E-state index contributed by atoms with van der Waals surface area (Å²) in [6.07, 6.45) is 6.27. The molecule has 0 bridgehead atoms. The summed E-state index contributed by atoms with van der Waals surface area (Å²) in [6, 6.07) is 0. The topological polar surface area (TPSA) is 20.3 Å². The number of ketones is 1. The molecule has 100 valence electrons. The molecule has 2 heteroatoms. The number of likely N-dealkylation sites (tertiary alicyclic amines) is 1. The lowest BCUT2D eigenvalue weighted by atomic mass is 9.83. The summed E-state index contributed by atoms with van der Waals surface area (Å²) in [5.74, 6) is 1.11. The van der Waals surface area contributed by atoms with Crippen LogP contribution in [0.25, 0.3) is 0 Å². The highest BCUT2D eigenvalue weighted by molar-refractivity contribution is 5.88. The Bertz CT molecular complexity index is 237. The van der Waals surface area contributed by atoms with Crippen LogP contribution >= 0.6 is 0 Å².